The lowest BCUT2D eigenvalue weighted by Crippen LogP contribution is -2.36. The number of halogens is 1. The molecule has 0 amide bonds. The number of fused-ring (bicyclic) bond motifs is 3. The topological polar surface area (TPSA) is 142 Å². The number of imidazole rings is 1. The van der Waals surface area contributed by atoms with Gasteiger partial charge >= 0.3 is 5.69 Å². The molecule has 0 aliphatic carbocycles. The number of aromatic nitrogens is 7. The Kier molecular flexibility index (Phi) is 12.7. The van der Waals surface area contributed by atoms with Gasteiger partial charge in [-0.05, 0) is 67.5 Å². The molecule has 1 aliphatic rings. The van der Waals surface area contributed by atoms with Gasteiger partial charge in [-0.2, -0.15) is 5.10 Å². The summed E-state index contributed by atoms with van der Waals surface area (Å²) in [5.74, 6) is 1.44. The lowest BCUT2D eigenvalue weighted by Gasteiger charge is -2.25. The Balaban J connectivity index is 0.000000160. The summed E-state index contributed by atoms with van der Waals surface area (Å²) in [4.78, 5) is 47.9. The van der Waals surface area contributed by atoms with E-state index in [9.17, 15) is 14.4 Å². The number of carbonyl (C=O) groups is 1. The Bertz CT molecular complexity index is 2290. The lowest BCUT2D eigenvalue weighted by molar-refractivity contribution is -0.138. The summed E-state index contributed by atoms with van der Waals surface area (Å²) in [6, 6.07) is 23.7. The molecule has 0 saturated carbocycles. The van der Waals surface area contributed by atoms with Crippen LogP contribution in [0.1, 0.15) is 50.1 Å². The van der Waals surface area contributed by atoms with Gasteiger partial charge in [0, 0.05) is 36.6 Å². The molecule has 0 radical (unpaired) electrons. The molecular formula is C40H45ClN8O5. The van der Waals surface area contributed by atoms with E-state index in [1.54, 1.807) is 31.3 Å². The Morgan fingerprint density at radius 1 is 1.00 bits per heavy atom. The number of H-pyrrole nitrogens is 1. The van der Waals surface area contributed by atoms with Crippen LogP contribution in [0.25, 0.3) is 16.7 Å². The highest BCUT2D eigenvalue weighted by atomic mass is 35.5. The number of ketones is 1. The van der Waals surface area contributed by atoms with E-state index in [1.807, 2.05) is 26.8 Å². The molecule has 7 rings (SSSR count). The molecule has 4 heterocycles. The maximum absolute atomic E-state index is 12.5. The van der Waals surface area contributed by atoms with Gasteiger partial charge < -0.3 is 19.4 Å². The van der Waals surface area contributed by atoms with Crippen molar-refractivity contribution in [2.45, 2.75) is 40.0 Å². The molecule has 6 aromatic rings. The fraction of sp³-hybridized carbons (Fsp3) is 0.300. The molecule has 3 aromatic carbocycles. The Hall–Kier alpha value is -5.79. The maximum atomic E-state index is 12.5. The molecule has 0 bridgehead atoms. The number of Topliss-reactive ketones (excluding diaryl/α,β-unsaturated/α-hetero) is 1. The lowest BCUT2D eigenvalue weighted by atomic mass is 9.90. The van der Waals surface area contributed by atoms with Crippen molar-refractivity contribution >= 4 is 34.1 Å². The van der Waals surface area contributed by atoms with Gasteiger partial charge in [-0.25, -0.2) is 19.4 Å². The number of hydrogen-bond acceptors (Lipinski definition) is 9. The molecule has 1 atom stereocenters. The summed E-state index contributed by atoms with van der Waals surface area (Å²) in [6.07, 6.45) is 6.75. The molecule has 1 aliphatic heterocycles. The van der Waals surface area contributed by atoms with E-state index in [2.05, 4.69) is 87.6 Å². The maximum Gasteiger partial charge on any atom is 0.332 e. The number of carbonyl (C=O) groups excluding carboxylic acids is 1. The fourth-order valence-corrected chi connectivity index (χ4v) is 5.69. The monoisotopic (exact) mass is 752 g/mol. The van der Waals surface area contributed by atoms with Crippen LogP contribution in [0.3, 0.4) is 0 Å². The number of rotatable bonds is 7. The predicted octanol–water partition coefficient (Wildman–Crippen LogP) is 6.05. The number of aryl methyl sites for hydroxylation is 1. The van der Waals surface area contributed by atoms with Gasteiger partial charge in [0.25, 0.3) is 11.8 Å². The van der Waals surface area contributed by atoms with Crippen LogP contribution in [0.4, 0.5) is 0 Å². The Morgan fingerprint density at radius 2 is 1.69 bits per heavy atom. The van der Waals surface area contributed by atoms with Crippen LogP contribution in [0, 0.1) is 5.41 Å². The number of ether oxygens (including phenoxy) is 2. The highest BCUT2D eigenvalue weighted by Crippen LogP contribution is 2.36. The number of nitrogens with one attached hydrogen (secondary N) is 1. The average molecular weight is 753 g/mol. The molecule has 0 fully saturated rings. The summed E-state index contributed by atoms with van der Waals surface area (Å²) in [5, 5.41) is 4.61. The van der Waals surface area contributed by atoms with Crippen molar-refractivity contribution in [3.05, 3.63) is 140 Å². The zero-order valence-corrected chi connectivity index (χ0v) is 32.2. The first-order valence-electron chi connectivity index (χ1n) is 17.3. The minimum Gasteiger partial charge on any atom is -0.488 e. The van der Waals surface area contributed by atoms with Crippen LogP contribution in [0.2, 0.25) is 5.02 Å². The van der Waals surface area contributed by atoms with E-state index in [4.69, 9.17) is 21.1 Å². The van der Waals surface area contributed by atoms with Gasteiger partial charge in [-0.1, -0.05) is 80.9 Å². The second-order valence-corrected chi connectivity index (χ2v) is 14.3. The molecule has 13 nitrogen and oxygen atoms in total. The van der Waals surface area contributed by atoms with Crippen LogP contribution >= 0.6 is 11.6 Å². The SMILES string of the molecule is CC(C)(C)C(=O)C(Oc1ccc(Cl)cc1)n1cncn1.CN(C)CCC=C1c2ccccc2COc2ccccc21.Cn1c(=O)c2[nH]cnc2n(C)c1=O. The standard InChI is InChI=1S/C19H21NO.C14H16ClN3O2.C7H8N4O2/c1-20(2)13-7-11-17-16-9-4-3-8-15(16)14-21-19-12-6-5-10-18(17)19;1-14(2,3)12(19)13(18-9-16-8-17-18)20-11-6-4-10(15)5-7-11;1-10-5-4(8-3-9-5)6(12)11(2)7(10)13/h3-6,8-12H,7,13-14H2,1-2H3;4-9,13H,1-3H3;3H,1-2H3,(H,8,9). The first-order valence-corrected chi connectivity index (χ1v) is 17.7. The zero-order chi connectivity index (χ0) is 39.0. The molecule has 0 saturated heterocycles. The van der Waals surface area contributed by atoms with Gasteiger partial charge in [-0.3, -0.25) is 18.7 Å². The summed E-state index contributed by atoms with van der Waals surface area (Å²) in [5.41, 5.74) is 4.49. The normalized spacial score (nSPS) is 13.4. The van der Waals surface area contributed by atoms with Crippen LogP contribution in [0.15, 0.2) is 107 Å². The molecule has 3 aromatic heterocycles. The van der Waals surface area contributed by atoms with Crippen molar-refractivity contribution < 1.29 is 14.3 Å². The summed E-state index contributed by atoms with van der Waals surface area (Å²) in [6.45, 7) is 7.20. The number of para-hydroxylation sites is 1. The third kappa shape index (κ3) is 9.41. The minimum absolute atomic E-state index is 0.0852. The summed E-state index contributed by atoms with van der Waals surface area (Å²) < 4.78 is 15.5. The molecule has 1 unspecified atom stereocenters. The molecule has 1 N–H and O–H groups in total. The first-order chi connectivity index (χ1) is 25.8. The molecule has 0 spiro atoms. The largest absolute Gasteiger partial charge is 0.488 e. The van der Waals surface area contributed by atoms with E-state index >= 15 is 0 Å². The van der Waals surface area contributed by atoms with E-state index in [1.165, 1.54) is 57.5 Å². The molecule has 14 heteroatoms. The van der Waals surface area contributed by atoms with E-state index < -0.39 is 11.6 Å². The second kappa shape index (κ2) is 17.4. The smallest absolute Gasteiger partial charge is 0.332 e. The molecule has 54 heavy (non-hydrogen) atoms. The third-order valence-corrected chi connectivity index (χ3v) is 8.78. The average Bonchev–Trinajstić information content (AvgIpc) is 3.85. The highest BCUT2D eigenvalue weighted by molar-refractivity contribution is 6.30. The van der Waals surface area contributed by atoms with Crippen molar-refractivity contribution in [3.8, 4) is 11.5 Å². The quantitative estimate of drug-likeness (QED) is 0.206. The number of hydrogen-bond donors (Lipinski definition) is 1. The number of nitrogens with zero attached hydrogens (tertiary/aromatic N) is 7. The summed E-state index contributed by atoms with van der Waals surface area (Å²) in [7, 11) is 7.23. The van der Waals surface area contributed by atoms with Crippen molar-refractivity contribution in [1.82, 2.24) is 38.8 Å². The van der Waals surface area contributed by atoms with Crippen LogP contribution < -0.4 is 20.7 Å². The number of benzene rings is 3. The first kappa shape index (κ1) is 39.4. The second-order valence-electron chi connectivity index (χ2n) is 13.9. The Morgan fingerprint density at radius 3 is 2.35 bits per heavy atom. The minimum atomic E-state index is -0.848. The molecule has 282 valence electrons. The van der Waals surface area contributed by atoms with Crippen LogP contribution in [-0.2, 0) is 25.5 Å². The van der Waals surface area contributed by atoms with E-state index in [0.717, 1.165) is 23.3 Å². The zero-order valence-electron chi connectivity index (χ0n) is 31.5. The van der Waals surface area contributed by atoms with Crippen molar-refractivity contribution in [3.63, 3.8) is 0 Å². The van der Waals surface area contributed by atoms with Gasteiger partial charge in [0.05, 0.1) is 6.33 Å². The van der Waals surface area contributed by atoms with Crippen LogP contribution in [-0.4, -0.2) is 65.2 Å². The van der Waals surface area contributed by atoms with Gasteiger partial charge in [0.15, 0.2) is 5.65 Å². The Labute approximate surface area is 318 Å². The summed E-state index contributed by atoms with van der Waals surface area (Å²) >= 11 is 5.83. The van der Waals surface area contributed by atoms with Crippen molar-refractivity contribution in [1.29, 1.82) is 0 Å². The van der Waals surface area contributed by atoms with Gasteiger partial charge in [0.1, 0.15) is 36.3 Å². The molecular weight excluding hydrogens is 708 g/mol. The fourth-order valence-electron chi connectivity index (χ4n) is 5.56. The number of aromatic amines is 1. The van der Waals surface area contributed by atoms with Crippen molar-refractivity contribution in [2.75, 3.05) is 20.6 Å². The van der Waals surface area contributed by atoms with Crippen molar-refractivity contribution in [2.24, 2.45) is 19.5 Å². The van der Waals surface area contributed by atoms with Crippen LogP contribution in [0.5, 0.6) is 11.5 Å². The van der Waals surface area contributed by atoms with E-state index in [0.29, 0.717) is 28.5 Å². The third-order valence-electron chi connectivity index (χ3n) is 8.52. The predicted molar refractivity (Wildman–Crippen MR) is 210 cm³/mol. The van der Waals surface area contributed by atoms with Gasteiger partial charge in [0.2, 0.25) is 5.78 Å². The highest BCUT2D eigenvalue weighted by Gasteiger charge is 2.33. The van der Waals surface area contributed by atoms with Gasteiger partial charge in [-0.15, -0.1) is 0 Å². The van der Waals surface area contributed by atoms with E-state index in [-0.39, 0.29) is 17.0 Å².